The highest BCUT2D eigenvalue weighted by Gasteiger charge is 2.43. The molecular formula is C19H25ClN2O4. The summed E-state index contributed by atoms with van der Waals surface area (Å²) in [6.07, 6.45) is 3.95. The minimum absolute atomic E-state index is 0.0295. The third kappa shape index (κ3) is 3.28. The van der Waals surface area contributed by atoms with Gasteiger partial charge in [-0.15, -0.1) is 0 Å². The molecule has 1 atom stereocenters. The highest BCUT2D eigenvalue weighted by Crippen LogP contribution is 2.45. The van der Waals surface area contributed by atoms with Crippen LogP contribution in [-0.2, 0) is 14.3 Å². The number of allylic oxidation sites excluding steroid dienone is 2. The maximum Gasteiger partial charge on any atom is 0.307 e. The molecule has 1 aliphatic carbocycles. The van der Waals surface area contributed by atoms with Crippen molar-refractivity contribution in [2.24, 2.45) is 5.92 Å². The van der Waals surface area contributed by atoms with Gasteiger partial charge in [-0.3, -0.25) is 9.59 Å². The molecule has 2 aliphatic heterocycles. The molecule has 1 amide bonds. The average molecular weight is 381 g/mol. The number of carboxylic acids is 1. The van der Waals surface area contributed by atoms with Crippen LogP contribution in [-0.4, -0.2) is 60.1 Å². The Bertz CT molecular complexity index is 717. The number of fused-ring (bicyclic) bond motifs is 1. The van der Waals surface area contributed by atoms with E-state index in [9.17, 15) is 14.7 Å². The van der Waals surface area contributed by atoms with Crippen LogP contribution in [0.2, 0.25) is 0 Å². The number of likely N-dealkylation sites (tertiary alicyclic amines) is 1. The topological polar surface area (TPSA) is 70.1 Å². The van der Waals surface area contributed by atoms with Crippen LogP contribution in [0.5, 0.6) is 0 Å². The number of rotatable bonds is 4. The SMILES string of the molecule is COC1=CCC2C(=C1Cl)C(CC(=O)O)=C(C)N2C(=O)C1CCN(C)CC1. The van der Waals surface area contributed by atoms with Crippen LogP contribution in [0.4, 0.5) is 0 Å². The van der Waals surface area contributed by atoms with Crippen LogP contribution in [0, 0.1) is 5.92 Å². The normalized spacial score (nSPS) is 24.7. The first kappa shape index (κ1) is 19.0. The number of halogens is 1. The fraction of sp³-hybridized carbons (Fsp3) is 0.579. The van der Waals surface area contributed by atoms with E-state index >= 15 is 0 Å². The number of methoxy groups -OCH3 is 1. The smallest absolute Gasteiger partial charge is 0.307 e. The van der Waals surface area contributed by atoms with Crippen molar-refractivity contribution < 1.29 is 19.4 Å². The van der Waals surface area contributed by atoms with Crippen LogP contribution < -0.4 is 0 Å². The Hall–Kier alpha value is -1.79. The Morgan fingerprint density at radius 2 is 2.00 bits per heavy atom. The van der Waals surface area contributed by atoms with Crippen LogP contribution in [0.3, 0.4) is 0 Å². The molecule has 0 spiro atoms. The predicted octanol–water partition coefficient (Wildman–Crippen LogP) is 2.71. The van der Waals surface area contributed by atoms with E-state index in [4.69, 9.17) is 16.3 Å². The van der Waals surface area contributed by atoms with Gasteiger partial charge in [-0.25, -0.2) is 0 Å². The van der Waals surface area contributed by atoms with E-state index in [1.807, 2.05) is 13.0 Å². The number of aliphatic carboxylic acids is 1. The summed E-state index contributed by atoms with van der Waals surface area (Å²) in [7, 11) is 3.60. The zero-order valence-corrected chi connectivity index (χ0v) is 16.2. The number of piperidine rings is 1. The fourth-order valence-corrected chi connectivity index (χ4v) is 4.56. The van der Waals surface area contributed by atoms with Gasteiger partial charge in [-0.2, -0.15) is 0 Å². The first-order valence-corrected chi connectivity index (χ1v) is 9.30. The zero-order chi connectivity index (χ0) is 19.0. The monoisotopic (exact) mass is 380 g/mol. The molecular weight excluding hydrogens is 356 g/mol. The van der Waals surface area contributed by atoms with E-state index in [0.29, 0.717) is 28.5 Å². The molecule has 0 radical (unpaired) electrons. The molecule has 1 saturated heterocycles. The second-order valence-corrected chi connectivity index (χ2v) is 7.55. The summed E-state index contributed by atoms with van der Waals surface area (Å²) in [5, 5.41) is 9.75. The van der Waals surface area contributed by atoms with Crippen molar-refractivity contribution in [1.82, 2.24) is 9.80 Å². The Morgan fingerprint density at radius 3 is 2.58 bits per heavy atom. The molecule has 0 aromatic carbocycles. The van der Waals surface area contributed by atoms with Gasteiger partial charge in [0.2, 0.25) is 5.91 Å². The third-order valence-electron chi connectivity index (χ3n) is 5.60. The molecule has 0 aromatic heterocycles. The molecule has 0 saturated carbocycles. The van der Waals surface area contributed by atoms with Crippen molar-refractivity contribution in [2.45, 2.75) is 38.6 Å². The lowest BCUT2D eigenvalue weighted by atomic mass is 9.91. The lowest BCUT2D eigenvalue weighted by Gasteiger charge is -2.35. The number of ether oxygens (including phenoxy) is 1. The van der Waals surface area contributed by atoms with E-state index < -0.39 is 5.97 Å². The molecule has 142 valence electrons. The second-order valence-electron chi connectivity index (χ2n) is 7.17. The van der Waals surface area contributed by atoms with Gasteiger partial charge in [0.25, 0.3) is 0 Å². The van der Waals surface area contributed by atoms with E-state index in [2.05, 4.69) is 11.9 Å². The van der Waals surface area contributed by atoms with Gasteiger partial charge in [0, 0.05) is 17.2 Å². The van der Waals surface area contributed by atoms with Gasteiger partial charge in [0.05, 0.1) is 24.6 Å². The van der Waals surface area contributed by atoms with Gasteiger partial charge < -0.3 is 19.6 Å². The van der Waals surface area contributed by atoms with Crippen molar-refractivity contribution in [3.8, 4) is 0 Å². The summed E-state index contributed by atoms with van der Waals surface area (Å²) in [5.74, 6) is -0.338. The maximum absolute atomic E-state index is 13.3. The van der Waals surface area contributed by atoms with E-state index in [-0.39, 0.29) is 24.3 Å². The number of carbonyl (C=O) groups excluding carboxylic acids is 1. The Labute approximate surface area is 158 Å². The predicted molar refractivity (Wildman–Crippen MR) is 98.4 cm³/mol. The third-order valence-corrected chi connectivity index (χ3v) is 5.99. The van der Waals surface area contributed by atoms with Gasteiger partial charge in [0.15, 0.2) is 0 Å². The number of carboxylic acid groups (broad SMARTS) is 1. The molecule has 2 heterocycles. The Kier molecular flexibility index (Phi) is 5.44. The summed E-state index contributed by atoms with van der Waals surface area (Å²) in [6.45, 7) is 3.63. The summed E-state index contributed by atoms with van der Waals surface area (Å²) < 4.78 is 5.32. The first-order chi connectivity index (χ1) is 12.3. The molecule has 26 heavy (non-hydrogen) atoms. The van der Waals surface area contributed by atoms with E-state index in [1.54, 1.807) is 12.0 Å². The number of carbonyl (C=O) groups is 2. The summed E-state index contributed by atoms with van der Waals surface area (Å²) >= 11 is 6.52. The molecule has 1 unspecified atom stereocenters. The van der Waals surface area contributed by atoms with Crippen LogP contribution in [0.15, 0.2) is 33.7 Å². The lowest BCUT2D eigenvalue weighted by molar-refractivity contribution is -0.137. The van der Waals surface area contributed by atoms with Gasteiger partial charge in [-0.05, 0) is 58.0 Å². The fourth-order valence-electron chi connectivity index (χ4n) is 4.17. The Balaban J connectivity index is 1.96. The van der Waals surface area contributed by atoms with Crippen LogP contribution in [0.25, 0.3) is 0 Å². The quantitative estimate of drug-likeness (QED) is 0.812. The zero-order valence-electron chi connectivity index (χ0n) is 15.4. The maximum atomic E-state index is 13.3. The Morgan fingerprint density at radius 1 is 1.35 bits per heavy atom. The number of nitrogens with zero attached hydrogens (tertiary/aromatic N) is 2. The highest BCUT2D eigenvalue weighted by molar-refractivity contribution is 6.32. The van der Waals surface area contributed by atoms with Crippen LogP contribution >= 0.6 is 11.6 Å². The van der Waals surface area contributed by atoms with Gasteiger partial charge in [-0.1, -0.05) is 11.6 Å². The van der Waals surface area contributed by atoms with E-state index in [1.165, 1.54) is 0 Å². The van der Waals surface area contributed by atoms with Crippen molar-refractivity contribution >= 4 is 23.5 Å². The van der Waals surface area contributed by atoms with Gasteiger partial charge in [0.1, 0.15) is 5.76 Å². The van der Waals surface area contributed by atoms with Crippen molar-refractivity contribution in [3.05, 3.63) is 33.7 Å². The number of amides is 1. The van der Waals surface area contributed by atoms with Crippen molar-refractivity contribution in [1.29, 1.82) is 0 Å². The van der Waals surface area contributed by atoms with Crippen molar-refractivity contribution in [2.75, 3.05) is 27.2 Å². The average Bonchev–Trinajstić information content (AvgIpc) is 2.87. The molecule has 1 fully saturated rings. The molecule has 0 bridgehead atoms. The molecule has 3 aliphatic rings. The number of hydrogen-bond acceptors (Lipinski definition) is 4. The minimum atomic E-state index is -0.933. The standard InChI is InChI=1S/C19H25ClN2O4/c1-11-13(10-16(23)24)17-14(4-5-15(26-3)18(17)20)22(11)19(25)12-6-8-21(2)9-7-12/h5,12,14H,4,6-10H2,1-3H3,(H,23,24). The molecule has 6 nitrogen and oxygen atoms in total. The first-order valence-electron chi connectivity index (χ1n) is 8.92. The highest BCUT2D eigenvalue weighted by atomic mass is 35.5. The van der Waals surface area contributed by atoms with Crippen LogP contribution in [0.1, 0.15) is 32.6 Å². The minimum Gasteiger partial charge on any atom is -0.496 e. The van der Waals surface area contributed by atoms with Gasteiger partial charge >= 0.3 is 5.97 Å². The largest absolute Gasteiger partial charge is 0.496 e. The summed E-state index contributed by atoms with van der Waals surface area (Å²) in [6, 6.07) is -0.233. The summed E-state index contributed by atoms with van der Waals surface area (Å²) in [5.41, 5.74) is 2.07. The molecule has 7 heteroatoms. The number of hydrogen-bond donors (Lipinski definition) is 1. The summed E-state index contributed by atoms with van der Waals surface area (Å²) in [4.78, 5) is 28.7. The molecule has 0 aromatic rings. The molecule has 1 N–H and O–H groups in total. The second kappa shape index (κ2) is 7.45. The lowest BCUT2D eigenvalue weighted by Crippen LogP contribution is -2.44. The van der Waals surface area contributed by atoms with E-state index in [0.717, 1.165) is 31.5 Å². The van der Waals surface area contributed by atoms with Crippen molar-refractivity contribution in [3.63, 3.8) is 0 Å². The molecule has 3 rings (SSSR count).